The fourth-order valence-electron chi connectivity index (χ4n) is 10.0. The Labute approximate surface area is 362 Å². The molecular formula is C58H38N2O3. The Morgan fingerprint density at radius 3 is 1.22 bits per heavy atom. The summed E-state index contributed by atoms with van der Waals surface area (Å²) in [6.07, 6.45) is 0. The average molecular weight is 811 g/mol. The summed E-state index contributed by atoms with van der Waals surface area (Å²) in [5.41, 5.74) is 13.4. The van der Waals surface area contributed by atoms with E-state index < -0.39 is 0 Å². The van der Waals surface area contributed by atoms with Crippen molar-refractivity contribution in [3.8, 4) is 0 Å². The third kappa shape index (κ3) is 5.23. The van der Waals surface area contributed by atoms with E-state index in [0.717, 1.165) is 133 Å². The molecule has 298 valence electrons. The summed E-state index contributed by atoms with van der Waals surface area (Å²) in [7, 11) is 0. The highest BCUT2D eigenvalue weighted by atomic mass is 16.3. The molecule has 63 heavy (non-hydrogen) atoms. The van der Waals surface area contributed by atoms with Crippen LogP contribution in [0.5, 0.6) is 0 Å². The molecule has 0 fully saturated rings. The molecule has 5 nitrogen and oxygen atoms in total. The highest BCUT2D eigenvalue weighted by Crippen LogP contribution is 2.51. The van der Waals surface area contributed by atoms with Gasteiger partial charge in [0, 0.05) is 65.9 Å². The first kappa shape index (κ1) is 35.5. The quantitative estimate of drug-likeness (QED) is 0.167. The van der Waals surface area contributed by atoms with Gasteiger partial charge in [-0.05, 0) is 72.8 Å². The zero-order chi connectivity index (χ0) is 41.8. The largest absolute Gasteiger partial charge is 0.455 e. The van der Waals surface area contributed by atoms with Crippen molar-refractivity contribution >= 4 is 121 Å². The predicted octanol–water partition coefficient (Wildman–Crippen LogP) is 17.2. The molecule has 0 saturated heterocycles. The van der Waals surface area contributed by atoms with Gasteiger partial charge in [-0.25, -0.2) is 0 Å². The van der Waals surface area contributed by atoms with Gasteiger partial charge in [0.2, 0.25) is 0 Å². The Morgan fingerprint density at radius 1 is 0.286 bits per heavy atom. The van der Waals surface area contributed by atoms with Gasteiger partial charge in [0.25, 0.3) is 0 Å². The van der Waals surface area contributed by atoms with E-state index in [-0.39, 0.29) is 0 Å². The first-order chi connectivity index (χ1) is 31.1. The summed E-state index contributed by atoms with van der Waals surface area (Å²) in [4.78, 5) is 4.68. The number of anilines is 6. The number of para-hydroxylation sites is 6. The van der Waals surface area contributed by atoms with E-state index in [1.165, 1.54) is 0 Å². The van der Waals surface area contributed by atoms with E-state index in [2.05, 4.69) is 218 Å². The number of fused-ring (bicyclic) bond motifs is 13. The first-order valence-electron chi connectivity index (χ1n) is 21.4. The summed E-state index contributed by atoms with van der Waals surface area (Å²) in [5.74, 6) is 0. The second-order valence-electron chi connectivity index (χ2n) is 16.5. The molecule has 13 aromatic rings. The molecule has 10 aromatic carbocycles. The lowest BCUT2D eigenvalue weighted by molar-refractivity contribution is 0.665. The molecular weight excluding hydrogens is 773 g/mol. The Kier molecular flexibility index (Phi) is 7.67. The molecule has 0 N–H and O–H groups in total. The highest BCUT2D eigenvalue weighted by Gasteiger charge is 2.27. The van der Waals surface area contributed by atoms with Crippen LogP contribution in [0.1, 0.15) is 11.1 Å². The van der Waals surface area contributed by atoms with Crippen LogP contribution in [0.3, 0.4) is 0 Å². The molecule has 0 aliphatic rings. The summed E-state index contributed by atoms with van der Waals surface area (Å²) >= 11 is 0. The minimum Gasteiger partial charge on any atom is -0.455 e. The smallest absolute Gasteiger partial charge is 0.159 e. The van der Waals surface area contributed by atoms with Crippen molar-refractivity contribution in [2.45, 2.75) is 13.8 Å². The molecule has 0 radical (unpaired) electrons. The summed E-state index contributed by atoms with van der Waals surface area (Å²) in [6, 6.07) is 68.6. The number of aryl methyl sites for hydroxylation is 2. The zero-order valence-corrected chi connectivity index (χ0v) is 34.6. The van der Waals surface area contributed by atoms with Gasteiger partial charge in [-0.3, -0.25) is 0 Å². The molecule has 0 bridgehead atoms. The molecule has 0 aliphatic carbocycles. The highest BCUT2D eigenvalue weighted by molar-refractivity contribution is 6.28. The number of hydrogen-bond donors (Lipinski definition) is 0. The maximum Gasteiger partial charge on any atom is 0.159 e. The summed E-state index contributed by atoms with van der Waals surface area (Å²) < 4.78 is 20.8. The Hall–Kier alpha value is -8.28. The van der Waals surface area contributed by atoms with Crippen LogP contribution in [0.25, 0.3) is 87.4 Å². The molecule has 0 amide bonds. The fraction of sp³-hybridized carbons (Fsp3) is 0.0345. The second kappa shape index (κ2) is 13.6. The molecule has 13 rings (SSSR count). The van der Waals surface area contributed by atoms with Crippen LogP contribution in [0.2, 0.25) is 0 Å². The van der Waals surface area contributed by atoms with Gasteiger partial charge in [-0.1, -0.05) is 146 Å². The lowest BCUT2D eigenvalue weighted by Crippen LogP contribution is -2.11. The third-order valence-corrected chi connectivity index (χ3v) is 12.8. The van der Waals surface area contributed by atoms with Gasteiger partial charge in [-0.2, -0.15) is 0 Å². The Bertz CT molecular complexity index is 3950. The van der Waals surface area contributed by atoms with Crippen LogP contribution in [-0.4, -0.2) is 0 Å². The third-order valence-electron chi connectivity index (χ3n) is 12.8. The monoisotopic (exact) mass is 810 g/mol. The van der Waals surface area contributed by atoms with Crippen LogP contribution in [-0.2, 0) is 0 Å². The zero-order valence-electron chi connectivity index (χ0n) is 34.6. The van der Waals surface area contributed by atoms with Crippen LogP contribution >= 0.6 is 0 Å². The number of furan rings is 3. The minimum atomic E-state index is 0.802. The van der Waals surface area contributed by atoms with Gasteiger partial charge in [0.1, 0.15) is 22.3 Å². The van der Waals surface area contributed by atoms with Crippen molar-refractivity contribution in [1.29, 1.82) is 0 Å². The molecule has 3 aromatic heterocycles. The van der Waals surface area contributed by atoms with Crippen molar-refractivity contribution in [3.63, 3.8) is 0 Å². The van der Waals surface area contributed by atoms with Crippen molar-refractivity contribution in [2.75, 3.05) is 9.80 Å². The lowest BCUT2D eigenvalue weighted by atomic mass is 9.98. The van der Waals surface area contributed by atoms with E-state index in [1.54, 1.807) is 0 Å². The van der Waals surface area contributed by atoms with E-state index in [1.807, 2.05) is 0 Å². The van der Waals surface area contributed by atoms with Crippen LogP contribution in [0.15, 0.2) is 207 Å². The number of benzene rings is 10. The lowest BCUT2D eigenvalue weighted by Gasteiger charge is -2.27. The number of nitrogens with zero attached hydrogens (tertiary/aromatic N) is 2. The van der Waals surface area contributed by atoms with E-state index in [0.29, 0.717) is 0 Å². The molecule has 5 heteroatoms. The van der Waals surface area contributed by atoms with Crippen molar-refractivity contribution in [1.82, 2.24) is 0 Å². The van der Waals surface area contributed by atoms with Crippen LogP contribution in [0.4, 0.5) is 34.1 Å². The molecule has 0 atom stereocenters. The van der Waals surface area contributed by atoms with Gasteiger partial charge in [0.15, 0.2) is 11.2 Å². The van der Waals surface area contributed by atoms with E-state index in [9.17, 15) is 0 Å². The average Bonchev–Trinajstić information content (AvgIpc) is 4.04. The normalized spacial score (nSPS) is 12.0. The summed E-state index contributed by atoms with van der Waals surface area (Å²) in [5, 5.41) is 10.8. The van der Waals surface area contributed by atoms with Crippen molar-refractivity contribution < 1.29 is 13.3 Å². The number of hydrogen-bond acceptors (Lipinski definition) is 5. The second-order valence-corrected chi connectivity index (χ2v) is 16.5. The minimum absolute atomic E-state index is 0.802. The van der Waals surface area contributed by atoms with Crippen molar-refractivity contribution in [3.05, 3.63) is 205 Å². The first-order valence-corrected chi connectivity index (χ1v) is 21.4. The maximum atomic E-state index is 7.17. The molecule has 0 spiro atoms. The molecule has 0 unspecified atom stereocenters. The fourth-order valence-corrected chi connectivity index (χ4v) is 10.0. The van der Waals surface area contributed by atoms with Gasteiger partial charge in [0.05, 0.1) is 22.7 Å². The molecule has 3 heterocycles. The predicted molar refractivity (Wildman–Crippen MR) is 262 cm³/mol. The molecule has 0 aliphatic heterocycles. The standard InChI is InChI=1S/C58H38N2O3/c1-35-17-13-27-43-45-29-15-31-48(57(45)62-54(35)43)59(37-19-5-3-6-20-37)50-33-47-53-41-25-11-9-23-39(41)51(34-52(53)61-56(47)42-26-12-10-24-40(42)50)60(38-21-7-4-8-22-38)49-32-16-30-46-44-28-14-18-36(2)55(44)63-58(46)49/h3-34H,1-2H3. The number of rotatable bonds is 6. The van der Waals surface area contributed by atoms with Gasteiger partial charge < -0.3 is 23.1 Å². The Balaban J connectivity index is 1.11. The van der Waals surface area contributed by atoms with Crippen LogP contribution < -0.4 is 9.80 Å². The van der Waals surface area contributed by atoms with Crippen LogP contribution in [0, 0.1) is 13.8 Å². The topological polar surface area (TPSA) is 45.9 Å². The molecule has 0 saturated carbocycles. The van der Waals surface area contributed by atoms with Gasteiger partial charge >= 0.3 is 0 Å². The van der Waals surface area contributed by atoms with Crippen molar-refractivity contribution in [2.24, 2.45) is 0 Å². The SMILES string of the molecule is Cc1cccc2c1oc1c(N(c3ccccc3)c3cc4c(oc5cc(N(c6ccccc6)c6cccc7c6oc6c(C)cccc67)c6ccccc6c54)c4ccccc34)cccc12. The summed E-state index contributed by atoms with van der Waals surface area (Å²) in [6.45, 7) is 4.22. The van der Waals surface area contributed by atoms with Gasteiger partial charge in [-0.15, -0.1) is 0 Å². The van der Waals surface area contributed by atoms with E-state index in [4.69, 9.17) is 13.3 Å². The van der Waals surface area contributed by atoms with E-state index >= 15 is 0 Å². The Morgan fingerprint density at radius 2 is 0.683 bits per heavy atom. The maximum absolute atomic E-state index is 7.17.